The molecule has 7 rings (SSSR count). The second-order valence-electron chi connectivity index (χ2n) is 26.8. The number of amides is 12. The minimum Gasteiger partial charge on any atom is -0.508 e. The number of carbonyl (C=O) groups excluding carboxylic acids is 12. The van der Waals surface area contributed by atoms with Crippen LogP contribution in [0.2, 0.25) is 0 Å². The first-order chi connectivity index (χ1) is 54.4. The van der Waals surface area contributed by atoms with Gasteiger partial charge in [0.1, 0.15) is 71.9 Å². The molecule has 12 amide bonds. The zero-order chi connectivity index (χ0) is 82.8. The lowest BCUT2D eigenvalue weighted by Gasteiger charge is -2.28. The summed E-state index contributed by atoms with van der Waals surface area (Å²) in [5.41, 5.74) is 14.6. The molecule has 602 valence electrons. The van der Waals surface area contributed by atoms with Crippen molar-refractivity contribution in [1.82, 2.24) is 68.5 Å². The number of aromatic nitrogens is 2. The van der Waals surface area contributed by atoms with Crippen LogP contribution in [0.5, 0.6) is 11.5 Å². The van der Waals surface area contributed by atoms with Gasteiger partial charge >= 0.3 is 17.9 Å². The van der Waals surface area contributed by atoms with E-state index in [0.717, 1.165) is 0 Å². The van der Waals surface area contributed by atoms with Crippen molar-refractivity contribution in [2.45, 2.75) is 150 Å². The van der Waals surface area contributed by atoms with Gasteiger partial charge in [0.25, 0.3) is 0 Å². The Bertz CT molecular complexity index is 4450. The van der Waals surface area contributed by atoms with E-state index in [1.54, 1.807) is 133 Å². The molecule has 0 unspecified atom stereocenters. The molecule has 0 radical (unpaired) electrons. The number of H-pyrrole nitrogens is 1. The average molecular weight is 1570 g/mol. The average Bonchev–Trinajstić information content (AvgIpc) is 1.09. The van der Waals surface area contributed by atoms with Crippen molar-refractivity contribution in [3.05, 3.63) is 221 Å². The van der Waals surface area contributed by atoms with Crippen LogP contribution in [0.25, 0.3) is 0 Å². The number of benzene rings is 6. The summed E-state index contributed by atoms with van der Waals surface area (Å²) in [6, 6.07) is 26.1. The van der Waals surface area contributed by atoms with Gasteiger partial charge in [-0.1, -0.05) is 146 Å². The first-order valence-electron chi connectivity index (χ1n) is 36.1. The van der Waals surface area contributed by atoms with Gasteiger partial charge in [0.15, 0.2) is 0 Å². The fraction of sp³-hybridized carbons (Fsp3) is 0.316. The van der Waals surface area contributed by atoms with E-state index in [-0.39, 0.29) is 61.3 Å². The highest BCUT2D eigenvalue weighted by Crippen LogP contribution is 2.17. The van der Waals surface area contributed by atoms with Gasteiger partial charge in [-0.25, -0.2) is 9.78 Å². The van der Waals surface area contributed by atoms with Crippen molar-refractivity contribution in [3.8, 4) is 11.5 Å². The molecule has 21 N–H and O–H groups in total. The number of hydrogen-bond donors (Lipinski definition) is 19. The van der Waals surface area contributed by atoms with Crippen molar-refractivity contribution in [2.24, 2.45) is 11.5 Å². The molecule has 114 heavy (non-hydrogen) atoms. The number of aromatic hydroxyl groups is 2. The summed E-state index contributed by atoms with van der Waals surface area (Å²) in [4.78, 5) is 213. The Labute approximate surface area is 653 Å². The maximum atomic E-state index is 15.1. The molecule has 35 heteroatoms. The van der Waals surface area contributed by atoms with Crippen LogP contribution in [0.4, 0.5) is 0 Å². The second-order valence-corrected chi connectivity index (χ2v) is 26.8. The van der Waals surface area contributed by atoms with E-state index >= 15 is 9.59 Å². The largest absolute Gasteiger partial charge is 0.508 e. The molecule has 1 aromatic heterocycles. The van der Waals surface area contributed by atoms with Crippen LogP contribution in [0.1, 0.15) is 78.1 Å². The van der Waals surface area contributed by atoms with Gasteiger partial charge in [-0.15, -0.1) is 0 Å². The number of primary amides is 1. The van der Waals surface area contributed by atoms with E-state index in [9.17, 15) is 87.9 Å². The number of phenolic OH excluding ortho intramolecular Hbond substituents is 2. The molecule has 6 aromatic carbocycles. The maximum Gasteiger partial charge on any atom is 0.326 e. The fourth-order valence-electron chi connectivity index (χ4n) is 11.7. The number of carbonyl (C=O) groups is 15. The number of phenols is 2. The topological polar surface area (TPSA) is 570 Å². The van der Waals surface area contributed by atoms with Crippen molar-refractivity contribution >= 4 is 88.8 Å². The quantitative estimate of drug-likeness (QED) is 0.0214. The summed E-state index contributed by atoms with van der Waals surface area (Å²) in [5.74, 6) is -17.0. The SMILES string of the molecule is C[C@H](NC(=O)[C@@H](N)Cc1ccc(O)cc1)C(=O)NCC(=O)N[C@@H](Cc1cnc[nH]1)C(=O)N[C@@H](CCC(N)=O)C(=O)N[C@@H](Cc1ccc(O)cc1)C(=O)N[C@@H](CCC(=O)O)C(=O)N[C@@H](Cc1ccccc1)C(=O)N[C@@H](Cc1ccccc1)C(=O)N[C@@H](Cc1ccccc1)C(=O)N[C@@H](CC(=O)O)C(=O)N[C@@H](Cc1ccccc1)C(=O)O. The number of carboxylic acids is 3. The summed E-state index contributed by atoms with van der Waals surface area (Å²) in [7, 11) is 0. The van der Waals surface area contributed by atoms with Crippen molar-refractivity contribution < 1.29 is 97.5 Å². The maximum absolute atomic E-state index is 15.1. The number of imidazole rings is 1. The zero-order valence-corrected chi connectivity index (χ0v) is 61.8. The molecule has 0 bridgehead atoms. The van der Waals surface area contributed by atoms with Gasteiger partial charge < -0.3 is 100 Å². The molecule has 0 saturated carbocycles. The van der Waals surface area contributed by atoms with Crippen LogP contribution in [0.3, 0.4) is 0 Å². The van der Waals surface area contributed by atoms with Crippen LogP contribution >= 0.6 is 0 Å². The molecule has 0 saturated heterocycles. The number of hydrogen-bond acceptors (Lipinski definition) is 19. The van der Waals surface area contributed by atoms with Crippen molar-refractivity contribution in [2.75, 3.05) is 6.54 Å². The Morgan fingerprint density at radius 1 is 0.368 bits per heavy atom. The number of nitrogens with one attached hydrogen (secondary N) is 12. The third-order valence-electron chi connectivity index (χ3n) is 17.8. The standard InChI is InChI=1S/C79H91N15O20/c1-45(85-70(104)55(80)34-50-22-26-53(95)27-23-50)69(103)83-43-66(98)86-62(40-52-42-82-44-84-52)77(111)87-56(30-32-65(81)97)71(105)90-61(38-51-24-28-54(96)29-25-51)73(107)88-57(31-33-67(99)100)72(106)89-58(35-46-14-6-2-7-15-46)74(108)91-59(36-47-16-8-3-9-17-47)75(109)92-60(37-48-18-10-4-11-19-48)76(110)93-63(41-68(101)102)78(112)94-64(79(113)114)39-49-20-12-5-13-21-49/h2-29,42,44-45,55-64,95-96H,30-41,43,80H2,1H3,(H2,81,97)(H,82,84)(H,83,103)(H,85,104)(H,86,98)(H,87,111)(H,88,107)(H,89,106)(H,90,105)(H,91,108)(H,92,109)(H,93,110)(H,94,112)(H,99,100)(H,101,102)(H,113,114)/t45-,55-,56-,57-,58-,59-,60-,61-,62-,63-,64-/m0/s1. The van der Waals surface area contributed by atoms with Crippen LogP contribution in [-0.2, 0) is 117 Å². The third-order valence-corrected chi connectivity index (χ3v) is 17.8. The molecule has 7 aromatic rings. The first kappa shape index (κ1) is 87.4. The van der Waals surface area contributed by atoms with Gasteiger partial charge in [-0.05, 0) is 83.8 Å². The lowest BCUT2D eigenvalue weighted by molar-refractivity contribution is -0.144. The Morgan fingerprint density at radius 2 is 0.702 bits per heavy atom. The number of rotatable bonds is 45. The molecule has 1 heterocycles. The smallest absolute Gasteiger partial charge is 0.326 e. The van der Waals surface area contributed by atoms with Gasteiger partial charge in [0, 0.05) is 63.3 Å². The normalized spacial score (nSPS) is 13.8. The highest BCUT2D eigenvalue weighted by atomic mass is 16.4. The van der Waals surface area contributed by atoms with E-state index in [4.69, 9.17) is 11.5 Å². The molecular weight excluding hydrogens is 1480 g/mol. The minimum absolute atomic E-state index is 0.000437. The Morgan fingerprint density at radius 3 is 1.07 bits per heavy atom. The predicted octanol–water partition coefficient (Wildman–Crippen LogP) is -1.18. The van der Waals surface area contributed by atoms with Gasteiger partial charge in [-0.2, -0.15) is 0 Å². The molecule has 0 aliphatic heterocycles. The highest BCUT2D eigenvalue weighted by molar-refractivity contribution is 6.00. The van der Waals surface area contributed by atoms with Gasteiger partial charge in [0.05, 0.1) is 25.3 Å². The van der Waals surface area contributed by atoms with Gasteiger partial charge in [-0.3, -0.25) is 67.1 Å². The molecule has 11 atom stereocenters. The first-order valence-corrected chi connectivity index (χ1v) is 36.1. The van der Waals surface area contributed by atoms with E-state index in [1.807, 2.05) is 0 Å². The molecule has 0 aliphatic rings. The van der Waals surface area contributed by atoms with E-state index in [2.05, 4.69) is 68.5 Å². The molecule has 0 fully saturated rings. The van der Waals surface area contributed by atoms with Crippen LogP contribution < -0.4 is 70.0 Å². The Hall–Kier alpha value is -13.9. The van der Waals surface area contributed by atoms with E-state index in [1.165, 1.54) is 55.8 Å². The number of aromatic amines is 1. The van der Waals surface area contributed by atoms with Gasteiger partial charge in [0.2, 0.25) is 70.9 Å². The second kappa shape index (κ2) is 44.1. The minimum atomic E-state index is -1.90. The summed E-state index contributed by atoms with van der Waals surface area (Å²) >= 11 is 0. The van der Waals surface area contributed by atoms with E-state index < -0.39 is 200 Å². The molecular formula is C79H91N15O20. The van der Waals surface area contributed by atoms with Crippen molar-refractivity contribution in [1.29, 1.82) is 0 Å². The fourth-order valence-corrected chi connectivity index (χ4v) is 11.7. The van der Waals surface area contributed by atoms with E-state index in [0.29, 0.717) is 27.8 Å². The van der Waals surface area contributed by atoms with Crippen molar-refractivity contribution in [3.63, 3.8) is 0 Å². The number of nitrogens with two attached hydrogens (primary N) is 2. The van der Waals surface area contributed by atoms with Crippen LogP contribution in [0, 0.1) is 0 Å². The molecule has 35 nitrogen and oxygen atoms in total. The highest BCUT2D eigenvalue weighted by Gasteiger charge is 2.38. The Balaban J connectivity index is 1.12. The monoisotopic (exact) mass is 1570 g/mol. The summed E-state index contributed by atoms with van der Waals surface area (Å²) in [6.45, 7) is 0.574. The third kappa shape index (κ3) is 29.8. The molecule has 0 aliphatic carbocycles. The van der Waals surface area contributed by atoms with Crippen LogP contribution in [0.15, 0.2) is 182 Å². The zero-order valence-electron chi connectivity index (χ0n) is 61.8. The lowest BCUT2D eigenvalue weighted by Crippen LogP contribution is -2.61. The Kier molecular flexibility index (Phi) is 33.8. The number of carboxylic acid groups (broad SMARTS) is 3. The summed E-state index contributed by atoms with van der Waals surface area (Å²) in [5, 5.41) is 77.2. The lowest BCUT2D eigenvalue weighted by atomic mass is 10.00. The molecule has 0 spiro atoms. The van der Waals surface area contributed by atoms with Crippen LogP contribution in [-0.4, -0.2) is 197 Å². The summed E-state index contributed by atoms with van der Waals surface area (Å²) in [6.07, 6.45) is -2.84. The predicted molar refractivity (Wildman–Crippen MR) is 408 cm³/mol. The number of nitrogens with zero attached hydrogens (tertiary/aromatic N) is 1. The number of aliphatic carboxylic acids is 3. The summed E-state index contributed by atoms with van der Waals surface area (Å²) < 4.78 is 0.